The van der Waals surface area contributed by atoms with Crippen molar-refractivity contribution < 1.29 is 9.84 Å². The van der Waals surface area contributed by atoms with E-state index >= 15 is 0 Å². The highest BCUT2D eigenvalue weighted by Crippen LogP contribution is 2.30. The summed E-state index contributed by atoms with van der Waals surface area (Å²) in [7, 11) is 0. The molecule has 2 aromatic rings. The van der Waals surface area contributed by atoms with E-state index in [4.69, 9.17) is 4.74 Å². The molecule has 1 saturated heterocycles. The first-order valence-electron chi connectivity index (χ1n) is 7.55. The van der Waals surface area contributed by atoms with Gasteiger partial charge in [0.05, 0.1) is 18.5 Å². The van der Waals surface area contributed by atoms with Gasteiger partial charge in [0.1, 0.15) is 5.52 Å². The third kappa shape index (κ3) is 3.14. The maximum atomic E-state index is 10.2. The topological polar surface area (TPSA) is 87.2 Å². The molecule has 0 amide bonds. The minimum absolute atomic E-state index is 0.0291. The van der Waals surface area contributed by atoms with E-state index in [0.717, 1.165) is 17.9 Å². The van der Waals surface area contributed by atoms with Gasteiger partial charge in [0.2, 0.25) is 0 Å². The zero-order valence-electron chi connectivity index (χ0n) is 13.6. The summed E-state index contributed by atoms with van der Waals surface area (Å²) in [6, 6.07) is 0.330. The lowest BCUT2D eigenvalue weighted by molar-refractivity contribution is 0.0839. The van der Waals surface area contributed by atoms with E-state index < -0.39 is 5.60 Å². The van der Waals surface area contributed by atoms with Crippen molar-refractivity contribution in [1.29, 1.82) is 0 Å². The molecule has 2 N–H and O–H groups in total. The number of aromatic nitrogens is 4. The second kappa shape index (κ2) is 5.08. The molecule has 3 heterocycles. The van der Waals surface area contributed by atoms with Gasteiger partial charge in [0.15, 0.2) is 11.5 Å². The molecule has 2 aromatic heterocycles. The molecule has 0 saturated carbocycles. The molecule has 7 heteroatoms. The summed E-state index contributed by atoms with van der Waals surface area (Å²) >= 11 is 0. The van der Waals surface area contributed by atoms with Crippen LogP contribution in [0.3, 0.4) is 0 Å². The van der Waals surface area contributed by atoms with Gasteiger partial charge in [-0.05, 0) is 18.8 Å². The number of H-pyrrole nitrogens is 1. The van der Waals surface area contributed by atoms with E-state index in [9.17, 15) is 5.11 Å². The van der Waals surface area contributed by atoms with E-state index in [-0.39, 0.29) is 5.41 Å². The van der Waals surface area contributed by atoms with Crippen LogP contribution in [-0.2, 0) is 0 Å². The minimum Gasteiger partial charge on any atom is -0.463 e. The lowest BCUT2D eigenvalue weighted by Gasteiger charge is -2.21. The lowest BCUT2D eigenvalue weighted by Crippen LogP contribution is -2.30. The zero-order valence-corrected chi connectivity index (χ0v) is 13.6. The standard InChI is InChI=1S/C15H23N5O2/c1-14(2,3)8-22-13-18-11-10(16-9-17-11)12(19-13)20-6-5-15(4,21)7-20/h9,21H,5-8H2,1-4H3,(H,16,17,18,19). The van der Waals surface area contributed by atoms with E-state index in [1.807, 2.05) is 11.8 Å². The number of aromatic amines is 1. The first-order valence-corrected chi connectivity index (χ1v) is 7.55. The van der Waals surface area contributed by atoms with E-state index in [2.05, 4.69) is 40.7 Å². The molecule has 0 spiro atoms. The number of fused-ring (bicyclic) bond motifs is 1. The molecule has 0 aromatic carbocycles. The summed E-state index contributed by atoms with van der Waals surface area (Å²) in [6.07, 6.45) is 2.31. The molecular weight excluding hydrogens is 282 g/mol. The highest BCUT2D eigenvalue weighted by molar-refractivity contribution is 5.83. The Morgan fingerprint density at radius 2 is 2.18 bits per heavy atom. The van der Waals surface area contributed by atoms with E-state index in [0.29, 0.717) is 31.2 Å². The molecule has 0 bridgehead atoms. The summed E-state index contributed by atoms with van der Waals surface area (Å²) in [5, 5.41) is 10.2. The molecule has 0 aliphatic carbocycles. The molecule has 7 nitrogen and oxygen atoms in total. The van der Waals surface area contributed by atoms with Gasteiger partial charge >= 0.3 is 6.01 Å². The molecule has 1 aliphatic rings. The summed E-state index contributed by atoms with van der Waals surface area (Å²) in [6.45, 7) is 9.94. The number of imidazole rings is 1. The number of hydrogen-bond donors (Lipinski definition) is 2. The van der Waals surface area contributed by atoms with Crippen LogP contribution in [0.4, 0.5) is 5.82 Å². The van der Waals surface area contributed by atoms with Gasteiger partial charge in [-0.15, -0.1) is 0 Å². The number of anilines is 1. The van der Waals surface area contributed by atoms with Crippen LogP contribution in [0.2, 0.25) is 0 Å². The number of nitrogens with one attached hydrogen (secondary N) is 1. The van der Waals surface area contributed by atoms with E-state index in [1.54, 1.807) is 6.33 Å². The molecule has 1 unspecified atom stereocenters. The van der Waals surface area contributed by atoms with Crippen LogP contribution in [0.1, 0.15) is 34.1 Å². The van der Waals surface area contributed by atoms with Gasteiger partial charge in [-0.3, -0.25) is 0 Å². The SMILES string of the molecule is CC(C)(C)COc1nc(N2CCC(C)(O)C2)c2[nH]cnc2n1. The third-order valence-corrected chi connectivity index (χ3v) is 3.63. The van der Waals surface area contributed by atoms with Gasteiger partial charge in [-0.25, -0.2) is 4.98 Å². The Kier molecular flexibility index (Phi) is 3.47. The van der Waals surface area contributed by atoms with Crippen molar-refractivity contribution in [2.45, 2.75) is 39.7 Å². The molecule has 22 heavy (non-hydrogen) atoms. The number of ether oxygens (including phenoxy) is 1. The predicted molar refractivity (Wildman–Crippen MR) is 84.1 cm³/mol. The summed E-state index contributed by atoms with van der Waals surface area (Å²) in [5.41, 5.74) is 0.701. The first kappa shape index (κ1) is 15.0. The van der Waals surface area contributed by atoms with Crippen LogP contribution < -0.4 is 9.64 Å². The Balaban J connectivity index is 1.93. The second-order valence-electron chi connectivity index (χ2n) is 7.45. The Bertz CT molecular complexity index is 674. The van der Waals surface area contributed by atoms with Crippen LogP contribution in [-0.4, -0.2) is 50.3 Å². The lowest BCUT2D eigenvalue weighted by atomic mass is 9.99. The highest BCUT2D eigenvalue weighted by Gasteiger charge is 2.33. The number of β-amino-alcohol motifs (C(OH)–C–C–N with tert-alkyl or cyclic N) is 1. The largest absolute Gasteiger partial charge is 0.463 e. The van der Waals surface area contributed by atoms with Crippen molar-refractivity contribution in [2.75, 3.05) is 24.6 Å². The Morgan fingerprint density at radius 3 is 2.82 bits per heavy atom. The normalized spacial score (nSPS) is 22.5. The van der Waals surface area contributed by atoms with Gasteiger partial charge in [0.25, 0.3) is 0 Å². The molecule has 0 radical (unpaired) electrons. The first-order chi connectivity index (χ1) is 10.2. The summed E-state index contributed by atoms with van der Waals surface area (Å²) in [5.74, 6) is 0.740. The van der Waals surface area contributed by atoms with Crippen LogP contribution in [0, 0.1) is 5.41 Å². The molecule has 1 fully saturated rings. The molecule has 120 valence electrons. The van der Waals surface area contributed by atoms with E-state index in [1.165, 1.54) is 0 Å². The second-order valence-corrected chi connectivity index (χ2v) is 7.45. The van der Waals surface area contributed by atoms with Crippen LogP contribution in [0.15, 0.2) is 6.33 Å². The fourth-order valence-corrected chi connectivity index (χ4v) is 2.50. The summed E-state index contributed by atoms with van der Waals surface area (Å²) < 4.78 is 5.73. The Labute approximate surface area is 129 Å². The molecule has 1 aliphatic heterocycles. The van der Waals surface area contributed by atoms with Crippen LogP contribution >= 0.6 is 0 Å². The average molecular weight is 305 g/mol. The van der Waals surface area contributed by atoms with Crippen molar-refractivity contribution in [3.05, 3.63) is 6.33 Å². The van der Waals surface area contributed by atoms with Crippen molar-refractivity contribution >= 4 is 17.0 Å². The average Bonchev–Trinajstić information content (AvgIpc) is 3.00. The van der Waals surface area contributed by atoms with Crippen LogP contribution in [0.5, 0.6) is 6.01 Å². The van der Waals surface area contributed by atoms with Gasteiger partial charge in [-0.1, -0.05) is 20.8 Å². The highest BCUT2D eigenvalue weighted by atomic mass is 16.5. The smallest absolute Gasteiger partial charge is 0.320 e. The van der Waals surface area contributed by atoms with Gasteiger partial charge < -0.3 is 19.7 Å². The van der Waals surface area contributed by atoms with Crippen molar-refractivity contribution in [3.8, 4) is 6.01 Å². The number of rotatable bonds is 3. The predicted octanol–water partition coefficient (Wildman–Crippen LogP) is 1.74. The summed E-state index contributed by atoms with van der Waals surface area (Å²) in [4.78, 5) is 18.2. The van der Waals surface area contributed by atoms with Crippen molar-refractivity contribution in [3.63, 3.8) is 0 Å². The van der Waals surface area contributed by atoms with Crippen molar-refractivity contribution in [2.24, 2.45) is 5.41 Å². The fourth-order valence-electron chi connectivity index (χ4n) is 2.50. The molecular formula is C15H23N5O2. The Hall–Kier alpha value is -1.89. The fraction of sp³-hybridized carbons (Fsp3) is 0.667. The van der Waals surface area contributed by atoms with Crippen LogP contribution in [0.25, 0.3) is 11.2 Å². The van der Waals surface area contributed by atoms with Gasteiger partial charge in [-0.2, -0.15) is 9.97 Å². The Morgan fingerprint density at radius 1 is 1.41 bits per heavy atom. The number of nitrogens with zero attached hydrogens (tertiary/aromatic N) is 4. The number of aliphatic hydroxyl groups is 1. The molecule has 3 rings (SSSR count). The monoisotopic (exact) mass is 305 g/mol. The molecule has 1 atom stereocenters. The maximum Gasteiger partial charge on any atom is 0.320 e. The number of hydrogen-bond acceptors (Lipinski definition) is 6. The van der Waals surface area contributed by atoms with Gasteiger partial charge in [0, 0.05) is 13.1 Å². The maximum absolute atomic E-state index is 10.2. The minimum atomic E-state index is -0.691. The van der Waals surface area contributed by atoms with Crippen molar-refractivity contribution in [1.82, 2.24) is 19.9 Å². The zero-order chi connectivity index (χ0) is 16.0. The third-order valence-electron chi connectivity index (χ3n) is 3.63. The quantitative estimate of drug-likeness (QED) is 0.898.